The second-order valence-electron chi connectivity index (χ2n) is 5.07. The fraction of sp³-hybridized carbons (Fsp3) is 0.429. The fourth-order valence-corrected chi connectivity index (χ4v) is 2.97. The van der Waals surface area contributed by atoms with Crippen molar-refractivity contribution >= 4 is 11.6 Å². The Balaban J connectivity index is 2.11. The molecular formula is C14H14ClN5. The van der Waals surface area contributed by atoms with Gasteiger partial charge in [0.05, 0.1) is 5.69 Å². The summed E-state index contributed by atoms with van der Waals surface area (Å²) < 4.78 is 1.54. The van der Waals surface area contributed by atoms with Crippen molar-refractivity contribution in [2.45, 2.75) is 38.5 Å². The van der Waals surface area contributed by atoms with Crippen molar-refractivity contribution in [1.82, 2.24) is 19.7 Å². The Labute approximate surface area is 122 Å². The van der Waals surface area contributed by atoms with Crippen LogP contribution in [-0.4, -0.2) is 19.7 Å². The summed E-state index contributed by atoms with van der Waals surface area (Å²) in [5.41, 5.74) is 2.13. The number of hydrogen-bond donors (Lipinski definition) is 0. The Bertz CT molecular complexity index is 679. The lowest BCUT2D eigenvalue weighted by Gasteiger charge is -2.04. The predicted molar refractivity (Wildman–Crippen MR) is 74.8 cm³/mol. The molecule has 3 rings (SSSR count). The molecule has 1 fully saturated rings. The van der Waals surface area contributed by atoms with Crippen LogP contribution in [0.25, 0.3) is 5.82 Å². The molecule has 0 amide bonds. The summed E-state index contributed by atoms with van der Waals surface area (Å²) in [6.45, 7) is 1.88. The summed E-state index contributed by atoms with van der Waals surface area (Å²) >= 11 is 6.31. The van der Waals surface area contributed by atoms with Gasteiger partial charge in [-0.25, -0.2) is 14.6 Å². The molecule has 0 aromatic carbocycles. The SMILES string of the molecule is Cc1cc(-n2nc(C3CCCC3)c(C#N)c2Cl)ncn1. The molecule has 0 bridgehead atoms. The van der Waals surface area contributed by atoms with Crippen LogP contribution in [0.5, 0.6) is 0 Å². The zero-order valence-electron chi connectivity index (χ0n) is 11.2. The van der Waals surface area contributed by atoms with E-state index in [2.05, 4.69) is 21.1 Å². The van der Waals surface area contributed by atoms with Crippen molar-refractivity contribution < 1.29 is 0 Å². The first-order chi connectivity index (χ1) is 9.70. The molecule has 2 aromatic rings. The topological polar surface area (TPSA) is 67.4 Å². The van der Waals surface area contributed by atoms with Crippen LogP contribution in [0.2, 0.25) is 5.15 Å². The molecule has 0 aliphatic heterocycles. The second kappa shape index (κ2) is 5.22. The molecule has 0 atom stereocenters. The van der Waals surface area contributed by atoms with Crippen molar-refractivity contribution in [2.75, 3.05) is 0 Å². The van der Waals surface area contributed by atoms with Gasteiger partial charge in [0.25, 0.3) is 0 Å². The van der Waals surface area contributed by atoms with E-state index >= 15 is 0 Å². The molecule has 20 heavy (non-hydrogen) atoms. The van der Waals surface area contributed by atoms with Crippen LogP contribution >= 0.6 is 11.6 Å². The van der Waals surface area contributed by atoms with Gasteiger partial charge < -0.3 is 0 Å². The molecule has 2 heterocycles. The van der Waals surface area contributed by atoms with Crippen LogP contribution in [0.3, 0.4) is 0 Å². The van der Waals surface area contributed by atoms with E-state index in [1.54, 1.807) is 10.7 Å². The number of rotatable bonds is 2. The zero-order chi connectivity index (χ0) is 14.1. The van der Waals surface area contributed by atoms with Crippen molar-refractivity contribution in [3.8, 4) is 11.9 Å². The fourth-order valence-electron chi connectivity index (χ4n) is 2.71. The van der Waals surface area contributed by atoms with Gasteiger partial charge in [-0.05, 0) is 19.8 Å². The van der Waals surface area contributed by atoms with E-state index in [1.807, 2.05) is 6.92 Å². The summed E-state index contributed by atoms with van der Waals surface area (Å²) in [6.07, 6.45) is 6.00. The highest BCUT2D eigenvalue weighted by atomic mass is 35.5. The molecular weight excluding hydrogens is 274 g/mol. The van der Waals surface area contributed by atoms with Crippen LogP contribution in [0.1, 0.15) is 48.6 Å². The third-order valence-corrected chi connectivity index (χ3v) is 4.07. The molecule has 0 unspecified atom stereocenters. The molecule has 0 N–H and O–H groups in total. The van der Waals surface area contributed by atoms with Crippen molar-refractivity contribution in [1.29, 1.82) is 5.26 Å². The minimum atomic E-state index is 0.339. The average Bonchev–Trinajstić information content (AvgIpc) is 3.05. The minimum Gasteiger partial charge on any atom is -0.242 e. The van der Waals surface area contributed by atoms with Gasteiger partial charge in [-0.15, -0.1) is 0 Å². The Kier molecular flexibility index (Phi) is 3.41. The Hall–Kier alpha value is -1.93. The quantitative estimate of drug-likeness (QED) is 0.851. The van der Waals surface area contributed by atoms with E-state index in [0.29, 0.717) is 22.5 Å². The summed E-state index contributed by atoms with van der Waals surface area (Å²) in [6, 6.07) is 3.99. The molecule has 1 aliphatic carbocycles. The van der Waals surface area contributed by atoms with E-state index in [0.717, 1.165) is 24.2 Å². The van der Waals surface area contributed by atoms with E-state index in [9.17, 15) is 5.26 Å². The van der Waals surface area contributed by atoms with E-state index in [-0.39, 0.29) is 0 Å². The van der Waals surface area contributed by atoms with Crippen molar-refractivity contribution in [3.63, 3.8) is 0 Å². The molecule has 2 aromatic heterocycles. The molecule has 1 aliphatic rings. The molecule has 0 saturated heterocycles. The monoisotopic (exact) mass is 287 g/mol. The number of nitriles is 1. The van der Waals surface area contributed by atoms with Crippen LogP contribution in [0.15, 0.2) is 12.4 Å². The largest absolute Gasteiger partial charge is 0.242 e. The first-order valence-corrected chi connectivity index (χ1v) is 7.06. The lowest BCUT2D eigenvalue weighted by Crippen LogP contribution is -2.02. The van der Waals surface area contributed by atoms with E-state index in [4.69, 9.17) is 11.6 Å². The maximum Gasteiger partial charge on any atom is 0.158 e. The van der Waals surface area contributed by atoms with Crippen LogP contribution in [-0.2, 0) is 0 Å². The van der Waals surface area contributed by atoms with Gasteiger partial charge in [-0.3, -0.25) is 0 Å². The smallest absolute Gasteiger partial charge is 0.158 e. The Morgan fingerprint density at radius 3 is 2.75 bits per heavy atom. The summed E-state index contributed by atoms with van der Waals surface area (Å²) in [4.78, 5) is 8.24. The zero-order valence-corrected chi connectivity index (χ0v) is 11.9. The van der Waals surface area contributed by atoms with Gasteiger partial charge in [-0.2, -0.15) is 10.4 Å². The Morgan fingerprint density at radius 1 is 1.35 bits per heavy atom. The third-order valence-electron chi connectivity index (χ3n) is 3.72. The molecule has 6 heteroatoms. The number of halogens is 1. The number of nitrogens with zero attached hydrogens (tertiary/aromatic N) is 5. The van der Waals surface area contributed by atoms with Gasteiger partial charge in [0.2, 0.25) is 0 Å². The van der Waals surface area contributed by atoms with E-state index < -0.39 is 0 Å². The maximum atomic E-state index is 9.35. The minimum absolute atomic E-state index is 0.339. The number of hydrogen-bond acceptors (Lipinski definition) is 4. The number of aromatic nitrogens is 4. The highest BCUT2D eigenvalue weighted by Gasteiger charge is 2.27. The van der Waals surface area contributed by atoms with Gasteiger partial charge in [0.1, 0.15) is 18.0 Å². The van der Waals surface area contributed by atoms with Crippen molar-refractivity contribution in [3.05, 3.63) is 34.5 Å². The maximum absolute atomic E-state index is 9.35. The lowest BCUT2D eigenvalue weighted by molar-refractivity contribution is 0.674. The molecule has 102 valence electrons. The average molecular weight is 288 g/mol. The van der Waals surface area contributed by atoms with Gasteiger partial charge in [0.15, 0.2) is 11.0 Å². The van der Waals surface area contributed by atoms with Crippen LogP contribution in [0.4, 0.5) is 0 Å². The summed E-state index contributed by atoms with van der Waals surface area (Å²) in [7, 11) is 0. The highest BCUT2D eigenvalue weighted by Crippen LogP contribution is 2.37. The highest BCUT2D eigenvalue weighted by molar-refractivity contribution is 6.31. The normalized spacial score (nSPS) is 15.4. The third kappa shape index (κ3) is 2.16. The predicted octanol–water partition coefficient (Wildman–Crippen LogP) is 3.15. The van der Waals surface area contributed by atoms with Crippen LogP contribution in [0, 0.1) is 18.3 Å². The standard InChI is InChI=1S/C14H14ClN5/c1-9-6-12(18-8-17-9)20-14(15)11(7-16)13(19-20)10-4-2-3-5-10/h6,8,10H,2-5H2,1H3. The van der Waals surface area contributed by atoms with Gasteiger partial charge in [-0.1, -0.05) is 24.4 Å². The second-order valence-corrected chi connectivity index (χ2v) is 5.43. The lowest BCUT2D eigenvalue weighted by atomic mass is 10.0. The first-order valence-electron chi connectivity index (χ1n) is 6.68. The Morgan fingerprint density at radius 2 is 2.10 bits per heavy atom. The molecule has 1 saturated carbocycles. The van der Waals surface area contributed by atoms with Gasteiger partial charge >= 0.3 is 0 Å². The summed E-state index contributed by atoms with van der Waals surface area (Å²) in [5.74, 6) is 0.939. The summed E-state index contributed by atoms with van der Waals surface area (Å²) in [5, 5.41) is 14.2. The van der Waals surface area contributed by atoms with Crippen molar-refractivity contribution in [2.24, 2.45) is 0 Å². The van der Waals surface area contributed by atoms with E-state index in [1.165, 1.54) is 19.2 Å². The number of aryl methyl sites for hydroxylation is 1. The molecule has 5 nitrogen and oxygen atoms in total. The molecule has 0 radical (unpaired) electrons. The van der Waals surface area contributed by atoms with Crippen LogP contribution < -0.4 is 0 Å². The first kappa shape index (κ1) is 13.1. The molecule has 0 spiro atoms. The van der Waals surface area contributed by atoms with Gasteiger partial charge in [0, 0.05) is 17.7 Å².